The minimum absolute atomic E-state index is 0.0536. The molecule has 3 rings (SSSR count). The quantitative estimate of drug-likeness (QED) is 0.246. The molecule has 0 amide bonds. The zero-order valence-corrected chi connectivity index (χ0v) is 20.3. The first-order valence-corrected chi connectivity index (χ1v) is 11.5. The number of pyridine rings is 1. The standard InChI is InChI=1S/C26H23Cl2NO5/c1-3-6-16-7-4-5-8-18(16)23(30)24(31)22-20(27)19(21(28)25(32)29-22)14-11-15-9-12-17(13-10-15)26(33)34-2/h4-5,7-10,12-13H,3,6,11,14H2,1-2H3,(H,29,32). The Morgan fingerprint density at radius 1 is 0.882 bits per heavy atom. The van der Waals surface area contributed by atoms with Crippen LogP contribution >= 0.6 is 23.2 Å². The summed E-state index contributed by atoms with van der Waals surface area (Å²) in [5.41, 5.74) is 1.62. The number of halogens is 2. The molecule has 1 N–H and O–H groups in total. The summed E-state index contributed by atoms with van der Waals surface area (Å²) in [7, 11) is 1.30. The molecule has 34 heavy (non-hydrogen) atoms. The molecule has 1 aromatic heterocycles. The molecule has 0 aliphatic carbocycles. The number of ketones is 2. The van der Waals surface area contributed by atoms with Crippen molar-refractivity contribution in [3.8, 4) is 0 Å². The second-order valence-electron chi connectivity index (χ2n) is 7.69. The minimum atomic E-state index is -0.897. The van der Waals surface area contributed by atoms with Crippen LogP contribution in [-0.4, -0.2) is 29.6 Å². The Kier molecular flexibility index (Phi) is 8.42. The molecule has 0 aliphatic heterocycles. The number of benzene rings is 2. The first-order valence-electron chi connectivity index (χ1n) is 10.7. The zero-order chi connectivity index (χ0) is 24.8. The van der Waals surface area contributed by atoms with Crippen LogP contribution < -0.4 is 5.56 Å². The second-order valence-corrected chi connectivity index (χ2v) is 8.45. The maximum Gasteiger partial charge on any atom is 0.337 e. The lowest BCUT2D eigenvalue weighted by molar-refractivity contribution is 0.0600. The first kappa shape index (κ1) is 25.4. The highest BCUT2D eigenvalue weighted by Gasteiger charge is 2.26. The average molecular weight is 500 g/mol. The SMILES string of the molecule is CCCc1ccccc1C(=O)C(=O)c1[nH]c(=O)c(Cl)c(CCc2ccc(C(=O)OC)cc2)c1Cl. The van der Waals surface area contributed by atoms with Crippen molar-refractivity contribution in [2.75, 3.05) is 7.11 Å². The van der Waals surface area contributed by atoms with Crippen LogP contribution in [0, 0.1) is 0 Å². The number of Topliss-reactive ketones (excluding diaryl/α,β-unsaturated/α-hetero) is 2. The number of aromatic nitrogens is 1. The van der Waals surface area contributed by atoms with E-state index < -0.39 is 23.1 Å². The van der Waals surface area contributed by atoms with E-state index in [1.165, 1.54) is 7.11 Å². The summed E-state index contributed by atoms with van der Waals surface area (Å²) in [6.45, 7) is 1.98. The van der Waals surface area contributed by atoms with Gasteiger partial charge in [-0.2, -0.15) is 0 Å². The number of aromatic amines is 1. The van der Waals surface area contributed by atoms with Gasteiger partial charge in [0.15, 0.2) is 0 Å². The topological polar surface area (TPSA) is 93.3 Å². The molecule has 8 heteroatoms. The van der Waals surface area contributed by atoms with E-state index in [1.54, 1.807) is 48.5 Å². The van der Waals surface area contributed by atoms with E-state index in [1.807, 2.05) is 6.92 Å². The van der Waals surface area contributed by atoms with Crippen LogP contribution in [0.25, 0.3) is 0 Å². The zero-order valence-electron chi connectivity index (χ0n) is 18.7. The predicted octanol–water partition coefficient (Wildman–Crippen LogP) is 5.27. The fraction of sp³-hybridized carbons (Fsp3) is 0.231. The van der Waals surface area contributed by atoms with Crippen molar-refractivity contribution in [3.63, 3.8) is 0 Å². The molecule has 0 atom stereocenters. The number of methoxy groups -OCH3 is 1. The Morgan fingerprint density at radius 3 is 2.21 bits per heavy atom. The number of esters is 1. The third-order valence-electron chi connectivity index (χ3n) is 5.44. The number of carbonyl (C=O) groups excluding carboxylic acids is 3. The Balaban J connectivity index is 1.89. The number of ether oxygens (including phenoxy) is 1. The number of nitrogens with one attached hydrogen (secondary N) is 1. The lowest BCUT2D eigenvalue weighted by Crippen LogP contribution is -2.23. The lowest BCUT2D eigenvalue weighted by Gasteiger charge is -2.12. The molecule has 0 unspecified atom stereocenters. The molecule has 2 aromatic carbocycles. The largest absolute Gasteiger partial charge is 0.465 e. The number of carbonyl (C=O) groups is 3. The van der Waals surface area contributed by atoms with Crippen molar-refractivity contribution >= 4 is 40.7 Å². The summed E-state index contributed by atoms with van der Waals surface area (Å²) < 4.78 is 4.69. The highest BCUT2D eigenvalue weighted by molar-refractivity contribution is 6.52. The molecule has 0 aliphatic rings. The number of aryl methyl sites for hydroxylation is 2. The van der Waals surface area contributed by atoms with Gasteiger partial charge < -0.3 is 9.72 Å². The molecular weight excluding hydrogens is 477 g/mol. The van der Waals surface area contributed by atoms with Crippen molar-refractivity contribution in [2.45, 2.75) is 32.6 Å². The molecule has 0 radical (unpaired) electrons. The van der Waals surface area contributed by atoms with E-state index in [0.717, 1.165) is 17.5 Å². The van der Waals surface area contributed by atoms with Crippen molar-refractivity contribution < 1.29 is 19.1 Å². The van der Waals surface area contributed by atoms with Crippen LogP contribution in [0.3, 0.4) is 0 Å². The molecule has 176 valence electrons. The third-order valence-corrected chi connectivity index (χ3v) is 6.26. The molecule has 3 aromatic rings. The molecular formula is C26H23Cl2NO5. The smallest absolute Gasteiger partial charge is 0.337 e. The van der Waals surface area contributed by atoms with Crippen molar-refractivity contribution in [1.29, 1.82) is 0 Å². The minimum Gasteiger partial charge on any atom is -0.465 e. The Hall–Kier alpha value is -3.22. The van der Waals surface area contributed by atoms with Gasteiger partial charge in [0, 0.05) is 5.56 Å². The van der Waals surface area contributed by atoms with Gasteiger partial charge in [-0.1, -0.05) is 72.9 Å². The van der Waals surface area contributed by atoms with Gasteiger partial charge in [-0.25, -0.2) is 4.79 Å². The third kappa shape index (κ3) is 5.46. The lowest BCUT2D eigenvalue weighted by atomic mass is 9.96. The van der Waals surface area contributed by atoms with Crippen molar-refractivity contribution in [3.05, 3.63) is 102 Å². The summed E-state index contributed by atoms with van der Waals surface area (Å²) in [5, 5.41) is -0.186. The van der Waals surface area contributed by atoms with Gasteiger partial charge >= 0.3 is 5.97 Å². The Morgan fingerprint density at radius 2 is 1.56 bits per heavy atom. The molecule has 1 heterocycles. The van der Waals surface area contributed by atoms with E-state index in [9.17, 15) is 19.2 Å². The van der Waals surface area contributed by atoms with Gasteiger partial charge in [-0.3, -0.25) is 14.4 Å². The highest BCUT2D eigenvalue weighted by Crippen LogP contribution is 2.27. The molecule has 0 bridgehead atoms. The van der Waals surface area contributed by atoms with E-state index in [-0.39, 0.29) is 33.3 Å². The summed E-state index contributed by atoms with van der Waals surface area (Å²) in [5.74, 6) is -2.08. The fourth-order valence-electron chi connectivity index (χ4n) is 3.64. The predicted molar refractivity (Wildman–Crippen MR) is 131 cm³/mol. The molecule has 0 fully saturated rings. The number of hydrogen-bond donors (Lipinski definition) is 1. The molecule has 0 spiro atoms. The van der Waals surface area contributed by atoms with Crippen molar-refractivity contribution in [1.82, 2.24) is 4.98 Å². The maximum absolute atomic E-state index is 13.1. The van der Waals surface area contributed by atoms with Gasteiger partial charge in [0.05, 0.1) is 17.7 Å². The number of hydrogen-bond acceptors (Lipinski definition) is 5. The Bertz CT molecular complexity index is 1300. The molecule has 6 nitrogen and oxygen atoms in total. The van der Waals surface area contributed by atoms with Crippen LogP contribution in [0.15, 0.2) is 53.3 Å². The number of rotatable bonds is 9. The molecule has 0 saturated carbocycles. The normalized spacial score (nSPS) is 10.7. The fourth-order valence-corrected chi connectivity index (χ4v) is 4.25. The van der Waals surface area contributed by atoms with Gasteiger partial charge in [0.1, 0.15) is 10.7 Å². The summed E-state index contributed by atoms with van der Waals surface area (Å²) >= 11 is 12.7. The number of H-pyrrole nitrogens is 1. The summed E-state index contributed by atoms with van der Waals surface area (Å²) in [6, 6.07) is 13.6. The van der Waals surface area contributed by atoms with E-state index in [0.29, 0.717) is 18.4 Å². The van der Waals surface area contributed by atoms with E-state index in [4.69, 9.17) is 23.2 Å². The summed E-state index contributed by atoms with van der Waals surface area (Å²) in [6.07, 6.45) is 2.13. The average Bonchev–Trinajstić information content (AvgIpc) is 2.85. The second kappa shape index (κ2) is 11.3. The van der Waals surface area contributed by atoms with Gasteiger partial charge in [-0.15, -0.1) is 0 Å². The molecule has 0 saturated heterocycles. The van der Waals surface area contributed by atoms with Crippen LogP contribution in [0.2, 0.25) is 10.0 Å². The Labute approximate surface area is 206 Å². The van der Waals surface area contributed by atoms with Crippen LogP contribution in [0.5, 0.6) is 0 Å². The van der Waals surface area contributed by atoms with Crippen LogP contribution in [0.1, 0.15) is 61.2 Å². The van der Waals surface area contributed by atoms with Crippen LogP contribution in [-0.2, 0) is 24.0 Å². The summed E-state index contributed by atoms with van der Waals surface area (Å²) in [4.78, 5) is 52.5. The van der Waals surface area contributed by atoms with Crippen molar-refractivity contribution in [2.24, 2.45) is 0 Å². The van der Waals surface area contributed by atoms with Gasteiger partial charge in [-0.05, 0) is 48.1 Å². The monoisotopic (exact) mass is 499 g/mol. The highest BCUT2D eigenvalue weighted by atomic mass is 35.5. The van der Waals surface area contributed by atoms with Gasteiger partial charge in [0.25, 0.3) is 11.3 Å². The maximum atomic E-state index is 13.1. The van der Waals surface area contributed by atoms with E-state index >= 15 is 0 Å². The van der Waals surface area contributed by atoms with E-state index in [2.05, 4.69) is 9.72 Å². The first-order chi connectivity index (χ1) is 16.3. The van der Waals surface area contributed by atoms with Crippen LogP contribution in [0.4, 0.5) is 0 Å². The van der Waals surface area contributed by atoms with Gasteiger partial charge in [0.2, 0.25) is 5.78 Å².